The summed E-state index contributed by atoms with van der Waals surface area (Å²) in [6.07, 6.45) is 4.67. The monoisotopic (exact) mass is 411 g/mol. The molecule has 0 fully saturated rings. The zero-order valence-electron chi connectivity index (χ0n) is 16.7. The lowest BCUT2D eigenvalue weighted by atomic mass is 9.97. The first kappa shape index (κ1) is 20.6. The molecule has 0 unspecified atom stereocenters. The number of fused-ring (bicyclic) bond motifs is 1. The number of thiophene rings is 1. The molecule has 0 spiro atoms. The van der Waals surface area contributed by atoms with E-state index in [0.29, 0.717) is 19.0 Å². The van der Waals surface area contributed by atoms with E-state index in [4.69, 9.17) is 11.6 Å². The molecule has 0 aliphatic carbocycles. The fourth-order valence-electron chi connectivity index (χ4n) is 3.38. The molecule has 0 aliphatic rings. The van der Waals surface area contributed by atoms with Gasteiger partial charge in [-0.25, -0.2) is 4.98 Å². The predicted molar refractivity (Wildman–Crippen MR) is 124 cm³/mol. The van der Waals surface area contributed by atoms with E-state index in [9.17, 15) is 0 Å². The van der Waals surface area contributed by atoms with Gasteiger partial charge in [0.15, 0.2) is 0 Å². The summed E-state index contributed by atoms with van der Waals surface area (Å²) in [7, 11) is 0. The number of hydrogen-bond acceptors (Lipinski definition) is 4. The van der Waals surface area contributed by atoms with E-state index >= 15 is 0 Å². The maximum atomic E-state index is 6.28. The molecule has 3 rings (SSSR count). The van der Waals surface area contributed by atoms with Gasteiger partial charge in [-0.3, -0.25) is 0 Å². The Balaban J connectivity index is 2.28. The van der Waals surface area contributed by atoms with Crippen LogP contribution in [0.5, 0.6) is 0 Å². The summed E-state index contributed by atoms with van der Waals surface area (Å²) in [6, 6.07) is 8.84. The topological polar surface area (TPSA) is 29.0 Å². The van der Waals surface area contributed by atoms with Crippen LogP contribution in [0.15, 0.2) is 49.6 Å². The first-order chi connectivity index (χ1) is 13.5. The van der Waals surface area contributed by atoms with Gasteiger partial charge in [-0.2, -0.15) is 4.98 Å². The summed E-state index contributed by atoms with van der Waals surface area (Å²) in [6.45, 7) is 15.7. The van der Waals surface area contributed by atoms with Gasteiger partial charge in [-0.1, -0.05) is 57.2 Å². The number of benzene rings is 1. The standard InChI is InChI=1S/C23H26ClN3S/c1-6-13-27(14-7-2)21-20-19(17-11-9-16(10-12-17)15(4)5)18(8-3)28-22(20)26-23(24)25-21/h6-7,9-12,15H,1-2,8,13-14H2,3-5H3. The van der Waals surface area contributed by atoms with Gasteiger partial charge in [0.1, 0.15) is 10.6 Å². The molecule has 3 aromatic rings. The third kappa shape index (κ3) is 3.98. The molecule has 5 heteroatoms. The van der Waals surface area contributed by atoms with Crippen LogP contribution >= 0.6 is 22.9 Å². The van der Waals surface area contributed by atoms with E-state index in [0.717, 1.165) is 22.5 Å². The van der Waals surface area contributed by atoms with Crippen LogP contribution in [0.4, 0.5) is 5.82 Å². The molecule has 146 valence electrons. The van der Waals surface area contributed by atoms with Crippen LogP contribution in [0.25, 0.3) is 21.3 Å². The largest absolute Gasteiger partial charge is 0.348 e. The lowest BCUT2D eigenvalue weighted by molar-refractivity contribution is 0.867. The second-order valence-corrected chi connectivity index (χ2v) is 8.43. The van der Waals surface area contributed by atoms with Crippen LogP contribution in [0.3, 0.4) is 0 Å². The molecule has 0 bridgehead atoms. The number of hydrogen-bond donors (Lipinski definition) is 0. The molecule has 0 saturated heterocycles. The maximum absolute atomic E-state index is 6.28. The minimum absolute atomic E-state index is 0.270. The van der Waals surface area contributed by atoms with E-state index in [1.54, 1.807) is 11.3 Å². The van der Waals surface area contributed by atoms with Gasteiger partial charge >= 0.3 is 0 Å². The summed E-state index contributed by atoms with van der Waals surface area (Å²) in [4.78, 5) is 13.5. The van der Waals surface area contributed by atoms with Crippen molar-refractivity contribution < 1.29 is 0 Å². The predicted octanol–water partition coefficient (Wildman–Crippen LogP) is 6.88. The van der Waals surface area contributed by atoms with Crippen LogP contribution in [0.2, 0.25) is 5.28 Å². The smallest absolute Gasteiger partial charge is 0.225 e. The van der Waals surface area contributed by atoms with E-state index in [-0.39, 0.29) is 5.28 Å². The Kier molecular flexibility index (Phi) is 6.53. The molecule has 2 aromatic heterocycles. The average molecular weight is 412 g/mol. The Bertz CT molecular complexity index is 979. The van der Waals surface area contributed by atoms with Crippen molar-refractivity contribution in [1.29, 1.82) is 0 Å². The second-order valence-electron chi connectivity index (χ2n) is 7.01. The zero-order chi connectivity index (χ0) is 20.3. The Hall–Kier alpha value is -2.17. The highest BCUT2D eigenvalue weighted by molar-refractivity contribution is 7.19. The van der Waals surface area contributed by atoms with Gasteiger partial charge in [0.05, 0.1) is 5.39 Å². The number of aryl methyl sites for hydroxylation is 1. The highest BCUT2D eigenvalue weighted by Gasteiger charge is 2.22. The fourth-order valence-corrected chi connectivity index (χ4v) is 4.72. The molecular weight excluding hydrogens is 386 g/mol. The van der Waals surface area contributed by atoms with Crippen molar-refractivity contribution in [3.63, 3.8) is 0 Å². The molecule has 1 aromatic carbocycles. The number of anilines is 1. The molecule has 0 aliphatic heterocycles. The molecule has 2 heterocycles. The quantitative estimate of drug-likeness (QED) is 0.299. The summed E-state index contributed by atoms with van der Waals surface area (Å²) in [5, 5.41) is 1.33. The van der Waals surface area contributed by atoms with Gasteiger partial charge in [0.25, 0.3) is 0 Å². The molecule has 0 saturated carbocycles. The highest BCUT2D eigenvalue weighted by Crippen LogP contribution is 2.43. The number of aromatic nitrogens is 2. The van der Waals surface area contributed by atoms with Crippen molar-refractivity contribution in [3.8, 4) is 11.1 Å². The minimum Gasteiger partial charge on any atom is -0.348 e. The highest BCUT2D eigenvalue weighted by atomic mass is 35.5. The Morgan fingerprint density at radius 2 is 1.75 bits per heavy atom. The summed E-state index contributed by atoms with van der Waals surface area (Å²) >= 11 is 7.98. The first-order valence-corrected chi connectivity index (χ1v) is 10.8. The summed E-state index contributed by atoms with van der Waals surface area (Å²) in [5.74, 6) is 1.35. The van der Waals surface area contributed by atoms with Gasteiger partial charge in [-0.15, -0.1) is 24.5 Å². The van der Waals surface area contributed by atoms with Crippen molar-refractivity contribution in [2.24, 2.45) is 0 Å². The SMILES string of the molecule is C=CCN(CC=C)c1nc(Cl)nc2sc(CC)c(-c3ccc(C(C)C)cc3)c12. The van der Waals surface area contributed by atoms with Gasteiger partial charge in [-0.05, 0) is 35.1 Å². The van der Waals surface area contributed by atoms with E-state index in [2.05, 4.69) is 73.1 Å². The van der Waals surface area contributed by atoms with Crippen LogP contribution < -0.4 is 4.90 Å². The minimum atomic E-state index is 0.270. The molecule has 3 nitrogen and oxygen atoms in total. The third-order valence-corrected chi connectivity index (χ3v) is 6.16. The molecule has 0 amide bonds. The van der Waals surface area contributed by atoms with Crippen molar-refractivity contribution in [1.82, 2.24) is 9.97 Å². The van der Waals surface area contributed by atoms with Gasteiger partial charge in [0.2, 0.25) is 5.28 Å². The van der Waals surface area contributed by atoms with Crippen LogP contribution in [0, 0.1) is 0 Å². The van der Waals surface area contributed by atoms with Crippen LogP contribution in [-0.2, 0) is 6.42 Å². The number of rotatable bonds is 8. The zero-order valence-corrected chi connectivity index (χ0v) is 18.3. The molecule has 0 radical (unpaired) electrons. The normalized spacial score (nSPS) is 11.2. The molecular formula is C23H26ClN3S. The van der Waals surface area contributed by atoms with Gasteiger partial charge < -0.3 is 4.90 Å². The van der Waals surface area contributed by atoms with E-state index in [1.165, 1.54) is 21.6 Å². The number of halogens is 1. The Morgan fingerprint density at radius 3 is 2.29 bits per heavy atom. The van der Waals surface area contributed by atoms with Gasteiger partial charge in [0, 0.05) is 23.5 Å². The lowest BCUT2D eigenvalue weighted by Gasteiger charge is -2.22. The van der Waals surface area contributed by atoms with Crippen molar-refractivity contribution in [2.45, 2.75) is 33.1 Å². The van der Waals surface area contributed by atoms with Crippen molar-refractivity contribution >= 4 is 39.0 Å². The summed E-state index contributed by atoms with van der Waals surface area (Å²) < 4.78 is 0. The number of nitrogens with zero attached hydrogens (tertiary/aromatic N) is 3. The first-order valence-electron chi connectivity index (χ1n) is 9.56. The summed E-state index contributed by atoms with van der Waals surface area (Å²) in [5.41, 5.74) is 3.74. The fraction of sp³-hybridized carbons (Fsp3) is 0.304. The maximum Gasteiger partial charge on any atom is 0.225 e. The Morgan fingerprint density at radius 1 is 1.11 bits per heavy atom. The van der Waals surface area contributed by atoms with E-state index in [1.807, 2.05) is 12.2 Å². The lowest BCUT2D eigenvalue weighted by Crippen LogP contribution is -2.24. The van der Waals surface area contributed by atoms with Crippen LogP contribution in [0.1, 0.15) is 37.1 Å². The third-order valence-electron chi connectivity index (χ3n) is 4.76. The Labute approximate surface area is 176 Å². The van der Waals surface area contributed by atoms with Crippen molar-refractivity contribution in [2.75, 3.05) is 18.0 Å². The van der Waals surface area contributed by atoms with Crippen LogP contribution in [-0.4, -0.2) is 23.1 Å². The van der Waals surface area contributed by atoms with Crippen molar-refractivity contribution in [3.05, 3.63) is 65.3 Å². The second kappa shape index (κ2) is 8.89. The molecule has 0 atom stereocenters. The van der Waals surface area contributed by atoms with E-state index < -0.39 is 0 Å². The average Bonchev–Trinajstić information content (AvgIpc) is 3.05. The molecule has 28 heavy (non-hydrogen) atoms. The molecule has 0 N–H and O–H groups in total.